The number of rotatable bonds is 3. The molecule has 1 aliphatic rings. The van der Waals surface area contributed by atoms with Crippen molar-refractivity contribution in [2.75, 3.05) is 0 Å². The predicted molar refractivity (Wildman–Crippen MR) is 70.9 cm³/mol. The van der Waals surface area contributed by atoms with Crippen molar-refractivity contribution in [1.29, 1.82) is 0 Å². The lowest BCUT2D eigenvalue weighted by molar-refractivity contribution is -0.134. The Morgan fingerprint density at radius 3 is 2.68 bits per heavy atom. The maximum atomic E-state index is 11.8. The summed E-state index contributed by atoms with van der Waals surface area (Å²) in [7, 11) is 0. The molecule has 0 aliphatic carbocycles. The fraction of sp³-hybridized carbons (Fsp3) is 0.0769. The number of carboxylic acids is 1. The molecule has 0 aromatic heterocycles. The van der Waals surface area contributed by atoms with Crippen molar-refractivity contribution in [2.45, 2.75) is 6.61 Å². The highest BCUT2D eigenvalue weighted by Crippen LogP contribution is 2.21. The Hall–Kier alpha value is -2.21. The number of benzene rings is 1. The molecule has 0 atom stereocenters. The van der Waals surface area contributed by atoms with Crippen LogP contribution in [0.3, 0.4) is 0 Å². The number of hydrogen-bond acceptors (Lipinski definition) is 4. The minimum absolute atomic E-state index is 0.101. The summed E-state index contributed by atoms with van der Waals surface area (Å²) in [4.78, 5) is 23.8. The number of aliphatic carboxylic acids is 1. The van der Waals surface area contributed by atoms with Crippen molar-refractivity contribution in [3.8, 4) is 0 Å². The second-order valence-corrected chi connectivity index (χ2v) is 4.42. The Morgan fingerprint density at radius 1 is 1.26 bits per heavy atom. The second kappa shape index (κ2) is 6.10. The largest absolute Gasteiger partial charge is 0.477 e. The molecule has 0 bridgehead atoms. The third kappa shape index (κ3) is 3.38. The van der Waals surface area contributed by atoms with E-state index >= 15 is 0 Å². The van der Waals surface area contributed by atoms with E-state index in [1.54, 1.807) is 5.41 Å². The van der Waals surface area contributed by atoms with Gasteiger partial charge in [0, 0.05) is 11.6 Å². The van der Waals surface area contributed by atoms with Gasteiger partial charge in [-0.05, 0) is 11.0 Å². The molecule has 1 heterocycles. The van der Waals surface area contributed by atoms with E-state index in [9.17, 15) is 9.59 Å². The standard InChI is InChI=1S/C13H11NO4S/c15-12(16)11-9-19-7-6-14(11)13(17)18-8-10-4-2-1-3-5-10/h1-7,9H,8H2,(H,15,16). The average Bonchev–Trinajstić information content (AvgIpc) is 2.46. The molecule has 1 amide bonds. The summed E-state index contributed by atoms with van der Waals surface area (Å²) in [5.74, 6) is -1.17. The molecule has 0 unspecified atom stereocenters. The zero-order valence-corrected chi connectivity index (χ0v) is 10.7. The molecule has 1 aromatic rings. The van der Waals surface area contributed by atoms with Crippen LogP contribution in [0.25, 0.3) is 0 Å². The Bertz CT molecular complexity index is 539. The Morgan fingerprint density at radius 2 is 2.00 bits per heavy atom. The van der Waals surface area contributed by atoms with Gasteiger partial charge in [-0.2, -0.15) is 0 Å². The highest BCUT2D eigenvalue weighted by atomic mass is 32.2. The number of nitrogens with zero attached hydrogens (tertiary/aromatic N) is 1. The molecule has 0 saturated heterocycles. The van der Waals surface area contributed by atoms with E-state index in [4.69, 9.17) is 9.84 Å². The monoisotopic (exact) mass is 277 g/mol. The Labute approximate surface area is 114 Å². The molecule has 0 radical (unpaired) electrons. The number of hydrogen-bond donors (Lipinski definition) is 1. The minimum atomic E-state index is -1.17. The van der Waals surface area contributed by atoms with Crippen molar-refractivity contribution >= 4 is 23.8 Å². The highest BCUT2D eigenvalue weighted by molar-refractivity contribution is 8.05. The van der Waals surface area contributed by atoms with Crippen molar-refractivity contribution < 1.29 is 19.4 Å². The molecule has 0 spiro atoms. The SMILES string of the molecule is O=C(O)C1=CSC=CN1C(=O)OCc1ccccc1. The van der Waals surface area contributed by atoms with Crippen LogP contribution in [0.15, 0.2) is 53.0 Å². The summed E-state index contributed by atoms with van der Waals surface area (Å²) in [5.41, 5.74) is 0.720. The first-order valence-electron chi connectivity index (χ1n) is 5.44. The fourth-order valence-corrected chi connectivity index (χ4v) is 2.05. The van der Waals surface area contributed by atoms with E-state index in [0.717, 1.165) is 10.5 Å². The van der Waals surface area contributed by atoms with Gasteiger partial charge in [-0.15, -0.1) is 11.8 Å². The summed E-state index contributed by atoms with van der Waals surface area (Å²) in [5, 5.41) is 12.0. The van der Waals surface area contributed by atoms with Gasteiger partial charge in [0.15, 0.2) is 0 Å². The van der Waals surface area contributed by atoms with Crippen molar-refractivity contribution in [2.24, 2.45) is 0 Å². The topological polar surface area (TPSA) is 66.8 Å². The molecule has 1 N–H and O–H groups in total. The smallest absolute Gasteiger partial charge is 0.419 e. The number of carbonyl (C=O) groups excluding carboxylic acids is 1. The Balaban J connectivity index is 1.99. The van der Waals surface area contributed by atoms with Crippen LogP contribution in [0.4, 0.5) is 4.79 Å². The van der Waals surface area contributed by atoms with Crippen LogP contribution in [0, 0.1) is 0 Å². The van der Waals surface area contributed by atoms with Crippen LogP contribution < -0.4 is 0 Å². The van der Waals surface area contributed by atoms with Gasteiger partial charge >= 0.3 is 12.1 Å². The van der Waals surface area contributed by atoms with E-state index < -0.39 is 12.1 Å². The first-order chi connectivity index (χ1) is 9.18. The normalized spacial score (nSPS) is 13.9. The number of carboxylic acid groups (broad SMARTS) is 1. The molecular weight excluding hydrogens is 266 g/mol. The van der Waals surface area contributed by atoms with Gasteiger partial charge in [-0.1, -0.05) is 30.3 Å². The average molecular weight is 277 g/mol. The third-order valence-electron chi connectivity index (χ3n) is 2.35. The summed E-state index contributed by atoms with van der Waals surface area (Å²) in [6, 6.07) is 9.18. The predicted octanol–water partition coefficient (Wildman–Crippen LogP) is 2.77. The molecule has 19 heavy (non-hydrogen) atoms. The molecule has 1 aromatic carbocycles. The highest BCUT2D eigenvalue weighted by Gasteiger charge is 2.24. The van der Waals surface area contributed by atoms with Crippen LogP contribution in [0.2, 0.25) is 0 Å². The number of ether oxygens (including phenoxy) is 1. The Kier molecular flexibility index (Phi) is 4.25. The quantitative estimate of drug-likeness (QED) is 0.920. The molecular formula is C13H11NO4S. The van der Waals surface area contributed by atoms with Crippen LogP contribution in [0.5, 0.6) is 0 Å². The lowest BCUT2D eigenvalue weighted by Crippen LogP contribution is -2.30. The maximum absolute atomic E-state index is 11.8. The van der Waals surface area contributed by atoms with Crippen LogP contribution in [0.1, 0.15) is 5.56 Å². The van der Waals surface area contributed by atoms with E-state index in [-0.39, 0.29) is 12.3 Å². The van der Waals surface area contributed by atoms with Crippen LogP contribution >= 0.6 is 11.8 Å². The molecule has 98 valence electrons. The molecule has 1 aliphatic heterocycles. The van der Waals surface area contributed by atoms with E-state index in [1.807, 2.05) is 30.3 Å². The van der Waals surface area contributed by atoms with Crippen LogP contribution in [-0.4, -0.2) is 22.1 Å². The zero-order valence-electron chi connectivity index (χ0n) is 9.85. The number of thioether (sulfide) groups is 1. The minimum Gasteiger partial charge on any atom is -0.477 e. The van der Waals surface area contributed by atoms with Gasteiger partial charge in [0.05, 0.1) is 0 Å². The van der Waals surface area contributed by atoms with Gasteiger partial charge in [-0.25, -0.2) is 14.5 Å². The van der Waals surface area contributed by atoms with Crippen LogP contribution in [-0.2, 0) is 16.1 Å². The molecule has 0 saturated carbocycles. The van der Waals surface area contributed by atoms with Crippen molar-refractivity contribution in [3.63, 3.8) is 0 Å². The zero-order chi connectivity index (χ0) is 13.7. The number of carbonyl (C=O) groups is 2. The summed E-state index contributed by atoms with van der Waals surface area (Å²) >= 11 is 1.19. The lowest BCUT2D eigenvalue weighted by Gasteiger charge is -2.20. The van der Waals surface area contributed by atoms with E-state index in [2.05, 4.69) is 0 Å². The van der Waals surface area contributed by atoms with Gasteiger partial charge < -0.3 is 9.84 Å². The lowest BCUT2D eigenvalue weighted by atomic mass is 10.2. The second-order valence-electron chi connectivity index (χ2n) is 3.64. The van der Waals surface area contributed by atoms with Gasteiger partial charge in [0.1, 0.15) is 12.3 Å². The number of amides is 1. The maximum Gasteiger partial charge on any atom is 0.419 e. The van der Waals surface area contributed by atoms with Gasteiger partial charge in [0.2, 0.25) is 0 Å². The van der Waals surface area contributed by atoms with E-state index in [1.165, 1.54) is 23.4 Å². The molecule has 5 nitrogen and oxygen atoms in total. The van der Waals surface area contributed by atoms with Crippen molar-refractivity contribution in [3.05, 3.63) is 58.6 Å². The van der Waals surface area contributed by atoms with Crippen molar-refractivity contribution in [1.82, 2.24) is 4.90 Å². The van der Waals surface area contributed by atoms with E-state index in [0.29, 0.717) is 0 Å². The molecule has 6 heteroatoms. The summed E-state index contributed by atoms with van der Waals surface area (Å²) < 4.78 is 5.07. The van der Waals surface area contributed by atoms with Gasteiger partial charge in [0.25, 0.3) is 0 Å². The molecule has 2 rings (SSSR count). The first kappa shape index (κ1) is 13.2. The van der Waals surface area contributed by atoms with Gasteiger partial charge in [-0.3, -0.25) is 0 Å². The summed E-state index contributed by atoms with van der Waals surface area (Å²) in [6.45, 7) is 0.101. The molecule has 0 fully saturated rings. The third-order valence-corrected chi connectivity index (χ3v) is 2.99. The first-order valence-corrected chi connectivity index (χ1v) is 6.38. The summed E-state index contributed by atoms with van der Waals surface area (Å²) in [6.07, 6.45) is 0.663. The fourth-order valence-electron chi connectivity index (χ4n) is 1.44.